The van der Waals surface area contributed by atoms with Gasteiger partial charge in [-0.3, -0.25) is 0 Å². The van der Waals surface area contributed by atoms with Gasteiger partial charge in [-0.1, -0.05) is 140 Å². The summed E-state index contributed by atoms with van der Waals surface area (Å²) in [4.78, 5) is 2.35. The van der Waals surface area contributed by atoms with E-state index in [9.17, 15) is 0 Å². The van der Waals surface area contributed by atoms with Crippen LogP contribution in [-0.4, -0.2) is 0 Å². The Morgan fingerprint density at radius 3 is 1.64 bits per heavy atom. The standard InChI is InChI=1S/C52H33NOS/c1-2-10-34(11-3-1)35-20-26-39(27-21-35)53(40-28-22-37(23-29-40)43-16-8-13-36-12-4-5-14-42(36)43)41-30-24-38(25-31-41)44-17-9-19-48-50(44)51-49(55-48)33-32-46-45-15-6-7-18-47(45)54-52(46)51/h1-33H. The number of hydrogen-bond acceptors (Lipinski definition) is 3. The van der Waals surface area contributed by atoms with Crippen LogP contribution in [0.4, 0.5) is 17.1 Å². The topological polar surface area (TPSA) is 16.4 Å². The van der Waals surface area contributed by atoms with Crippen molar-refractivity contribution in [2.24, 2.45) is 0 Å². The second kappa shape index (κ2) is 12.9. The Kier molecular flexibility index (Phi) is 7.39. The first kappa shape index (κ1) is 31.6. The van der Waals surface area contributed by atoms with Crippen molar-refractivity contribution in [3.63, 3.8) is 0 Å². The van der Waals surface area contributed by atoms with Gasteiger partial charge in [-0.2, -0.15) is 0 Å². The van der Waals surface area contributed by atoms with Crippen LogP contribution in [0.5, 0.6) is 0 Å². The molecular formula is C52H33NOS. The van der Waals surface area contributed by atoms with E-state index in [4.69, 9.17) is 4.42 Å². The Labute approximate surface area is 322 Å². The number of fused-ring (bicyclic) bond motifs is 8. The molecule has 55 heavy (non-hydrogen) atoms. The highest BCUT2D eigenvalue weighted by molar-refractivity contribution is 7.26. The van der Waals surface area contributed by atoms with Crippen LogP contribution in [0, 0.1) is 0 Å². The molecule has 0 atom stereocenters. The van der Waals surface area contributed by atoms with E-state index in [0.29, 0.717) is 0 Å². The van der Waals surface area contributed by atoms with E-state index in [-0.39, 0.29) is 0 Å². The van der Waals surface area contributed by atoms with Crippen molar-refractivity contribution in [1.29, 1.82) is 0 Å². The van der Waals surface area contributed by atoms with Crippen LogP contribution in [0.25, 0.3) is 86.3 Å². The SMILES string of the molecule is c1ccc(-c2ccc(N(c3ccc(-c4cccc5ccccc45)cc3)c3ccc(-c4cccc5sc6ccc7c8ccccc8oc7c6c45)cc3)cc2)cc1. The predicted octanol–water partition coefficient (Wildman–Crippen LogP) is 15.6. The van der Waals surface area contributed by atoms with Crippen molar-refractivity contribution in [1.82, 2.24) is 0 Å². The smallest absolute Gasteiger partial charge is 0.144 e. The van der Waals surface area contributed by atoms with Gasteiger partial charge in [0.05, 0.1) is 0 Å². The van der Waals surface area contributed by atoms with Crippen LogP contribution >= 0.6 is 11.3 Å². The lowest BCUT2D eigenvalue weighted by Gasteiger charge is -2.26. The van der Waals surface area contributed by atoms with E-state index in [1.807, 2.05) is 17.4 Å². The fourth-order valence-corrected chi connectivity index (χ4v) is 9.39. The van der Waals surface area contributed by atoms with Crippen molar-refractivity contribution in [2.45, 2.75) is 0 Å². The first-order valence-corrected chi connectivity index (χ1v) is 19.5. The summed E-state index contributed by atoms with van der Waals surface area (Å²) in [7, 11) is 0. The zero-order chi connectivity index (χ0) is 36.3. The largest absolute Gasteiger partial charge is 0.455 e. The molecular weight excluding hydrogens is 687 g/mol. The van der Waals surface area contributed by atoms with E-state index in [1.54, 1.807) is 0 Å². The van der Waals surface area contributed by atoms with Gasteiger partial charge in [-0.25, -0.2) is 0 Å². The van der Waals surface area contributed by atoms with Crippen molar-refractivity contribution >= 4 is 81.3 Å². The number of anilines is 3. The highest BCUT2D eigenvalue weighted by Gasteiger charge is 2.19. The number of rotatable bonds is 6. The Balaban J connectivity index is 1.02. The quantitative estimate of drug-likeness (QED) is 0.170. The molecule has 2 aromatic heterocycles. The summed E-state index contributed by atoms with van der Waals surface area (Å²) < 4.78 is 9.06. The van der Waals surface area contributed by atoms with E-state index in [0.717, 1.165) is 39.0 Å². The van der Waals surface area contributed by atoms with Crippen LogP contribution in [-0.2, 0) is 0 Å². The van der Waals surface area contributed by atoms with Gasteiger partial charge in [-0.05, 0) is 105 Å². The molecule has 0 bridgehead atoms. The minimum Gasteiger partial charge on any atom is -0.455 e. The molecule has 258 valence electrons. The molecule has 0 radical (unpaired) electrons. The zero-order valence-corrected chi connectivity index (χ0v) is 30.6. The van der Waals surface area contributed by atoms with Gasteiger partial charge in [0.2, 0.25) is 0 Å². The normalized spacial score (nSPS) is 11.6. The summed E-state index contributed by atoms with van der Waals surface area (Å²) in [6, 6.07) is 72.1. The lowest BCUT2D eigenvalue weighted by molar-refractivity contribution is 0.673. The van der Waals surface area contributed by atoms with E-state index >= 15 is 0 Å². The van der Waals surface area contributed by atoms with Gasteiger partial charge in [0.1, 0.15) is 11.2 Å². The third-order valence-electron chi connectivity index (χ3n) is 10.9. The second-order valence-corrected chi connectivity index (χ2v) is 15.1. The average molecular weight is 720 g/mol. The molecule has 0 saturated carbocycles. The van der Waals surface area contributed by atoms with Gasteiger partial charge >= 0.3 is 0 Å². The van der Waals surface area contributed by atoms with Crippen molar-refractivity contribution in [3.05, 3.63) is 200 Å². The summed E-state index contributed by atoms with van der Waals surface area (Å²) >= 11 is 1.83. The molecule has 2 nitrogen and oxygen atoms in total. The first-order valence-electron chi connectivity index (χ1n) is 18.7. The summed E-state index contributed by atoms with van der Waals surface area (Å²) in [5.41, 5.74) is 12.4. The van der Waals surface area contributed by atoms with Crippen LogP contribution in [0.1, 0.15) is 0 Å². The number of para-hydroxylation sites is 1. The van der Waals surface area contributed by atoms with Crippen LogP contribution in [0.2, 0.25) is 0 Å². The van der Waals surface area contributed by atoms with Gasteiger partial charge in [-0.15, -0.1) is 11.3 Å². The average Bonchev–Trinajstić information content (AvgIpc) is 3.83. The van der Waals surface area contributed by atoms with E-state index in [1.165, 1.54) is 64.3 Å². The Morgan fingerprint density at radius 1 is 0.345 bits per heavy atom. The van der Waals surface area contributed by atoms with E-state index < -0.39 is 0 Å². The molecule has 0 fully saturated rings. The van der Waals surface area contributed by atoms with Gasteiger partial charge < -0.3 is 9.32 Å². The lowest BCUT2D eigenvalue weighted by Crippen LogP contribution is -2.09. The third kappa shape index (κ3) is 5.32. The molecule has 0 saturated heterocycles. The molecule has 11 rings (SSSR count). The molecule has 3 heteroatoms. The highest BCUT2D eigenvalue weighted by atomic mass is 32.1. The maximum atomic E-state index is 6.57. The molecule has 11 aromatic rings. The van der Waals surface area contributed by atoms with Crippen molar-refractivity contribution < 1.29 is 4.42 Å². The van der Waals surface area contributed by atoms with Crippen molar-refractivity contribution in [2.75, 3.05) is 4.90 Å². The fourth-order valence-electron chi connectivity index (χ4n) is 8.26. The molecule has 0 aliphatic carbocycles. The van der Waals surface area contributed by atoms with E-state index in [2.05, 4.69) is 199 Å². The number of benzene rings is 9. The monoisotopic (exact) mass is 719 g/mol. The minimum absolute atomic E-state index is 0.924. The van der Waals surface area contributed by atoms with Crippen LogP contribution in [0.3, 0.4) is 0 Å². The second-order valence-electron chi connectivity index (χ2n) is 14.1. The maximum Gasteiger partial charge on any atom is 0.144 e. The molecule has 0 aliphatic rings. The molecule has 0 unspecified atom stereocenters. The maximum absolute atomic E-state index is 6.57. The fraction of sp³-hybridized carbons (Fsp3) is 0. The number of furan rings is 1. The van der Waals surface area contributed by atoms with Gasteiger partial charge in [0, 0.05) is 48.0 Å². The predicted molar refractivity (Wildman–Crippen MR) is 235 cm³/mol. The Bertz CT molecular complexity index is 3170. The Hall–Kier alpha value is -6.94. The lowest BCUT2D eigenvalue weighted by atomic mass is 9.97. The summed E-state index contributed by atoms with van der Waals surface area (Å²) in [5.74, 6) is 0. The molecule has 2 heterocycles. The summed E-state index contributed by atoms with van der Waals surface area (Å²) in [6.07, 6.45) is 0. The molecule has 0 N–H and O–H groups in total. The van der Waals surface area contributed by atoms with Gasteiger partial charge in [0.25, 0.3) is 0 Å². The molecule has 0 spiro atoms. The number of nitrogens with zero attached hydrogens (tertiary/aromatic N) is 1. The minimum atomic E-state index is 0.924. The number of thiophene rings is 1. The highest BCUT2D eigenvalue weighted by Crippen LogP contribution is 2.46. The Morgan fingerprint density at radius 2 is 0.891 bits per heavy atom. The summed E-state index contributed by atoms with van der Waals surface area (Å²) in [5, 5.41) is 7.27. The van der Waals surface area contributed by atoms with Crippen LogP contribution in [0.15, 0.2) is 205 Å². The zero-order valence-electron chi connectivity index (χ0n) is 29.8. The van der Waals surface area contributed by atoms with Crippen LogP contribution < -0.4 is 4.90 Å². The summed E-state index contributed by atoms with van der Waals surface area (Å²) in [6.45, 7) is 0. The van der Waals surface area contributed by atoms with Crippen molar-refractivity contribution in [3.8, 4) is 33.4 Å². The molecule has 0 amide bonds. The molecule has 9 aromatic carbocycles. The number of hydrogen-bond donors (Lipinski definition) is 0. The van der Waals surface area contributed by atoms with Gasteiger partial charge in [0.15, 0.2) is 0 Å². The molecule has 0 aliphatic heterocycles. The first-order chi connectivity index (χ1) is 27.3. The third-order valence-corrected chi connectivity index (χ3v) is 12.0.